The smallest absolute Gasteiger partial charge is 0.306 e. The van der Waals surface area contributed by atoms with Crippen molar-refractivity contribution >= 4 is 27.7 Å². The minimum Gasteiger partial charge on any atom is -0.484 e. The quantitative estimate of drug-likeness (QED) is 0.736. The average Bonchev–Trinajstić information content (AvgIpc) is 2.91. The normalized spacial score (nSPS) is 12.0. The zero-order valence-electron chi connectivity index (χ0n) is 12.7. The lowest BCUT2D eigenvalue weighted by Crippen LogP contribution is -2.14. The first-order valence-electron chi connectivity index (χ1n) is 6.97. The van der Waals surface area contributed by atoms with Gasteiger partial charge in [-0.25, -0.2) is 0 Å². The second kappa shape index (κ2) is 7.41. The van der Waals surface area contributed by atoms with Crippen molar-refractivity contribution in [2.45, 2.75) is 26.9 Å². The molecule has 7 heteroatoms. The number of aryl methyl sites for hydroxylation is 1. The van der Waals surface area contributed by atoms with E-state index >= 15 is 0 Å². The van der Waals surface area contributed by atoms with E-state index < -0.39 is 11.9 Å². The molecule has 0 saturated carbocycles. The number of Topliss-reactive ketones (excluding diaryl/α,β-unsaturated/α-hetero) is 1. The second-order valence-electron chi connectivity index (χ2n) is 5.24. The van der Waals surface area contributed by atoms with Gasteiger partial charge in [-0.15, -0.1) is 0 Å². The van der Waals surface area contributed by atoms with Crippen LogP contribution in [0.5, 0.6) is 5.75 Å². The van der Waals surface area contributed by atoms with Crippen molar-refractivity contribution in [1.82, 2.24) is 5.16 Å². The van der Waals surface area contributed by atoms with E-state index in [2.05, 4.69) is 21.1 Å². The van der Waals surface area contributed by atoms with Gasteiger partial charge in [-0.1, -0.05) is 12.1 Å². The molecule has 1 N–H and O–H groups in total. The molecule has 122 valence electrons. The molecule has 1 atom stereocenters. The summed E-state index contributed by atoms with van der Waals surface area (Å²) >= 11 is 3.35. The number of nitrogens with zero attached hydrogens (tertiary/aromatic N) is 1. The van der Waals surface area contributed by atoms with Gasteiger partial charge in [-0.2, -0.15) is 0 Å². The van der Waals surface area contributed by atoms with Crippen LogP contribution in [0.15, 0.2) is 33.3 Å². The van der Waals surface area contributed by atoms with Gasteiger partial charge < -0.3 is 14.4 Å². The molecule has 0 amide bonds. The minimum atomic E-state index is -0.986. The van der Waals surface area contributed by atoms with Gasteiger partial charge >= 0.3 is 5.97 Å². The monoisotopic (exact) mass is 381 g/mol. The Balaban J connectivity index is 2.02. The van der Waals surface area contributed by atoms with Crippen LogP contribution in [0.25, 0.3) is 0 Å². The van der Waals surface area contributed by atoms with Gasteiger partial charge in [-0.05, 0) is 41.1 Å². The summed E-state index contributed by atoms with van der Waals surface area (Å²) in [6, 6.07) is 6.67. The van der Waals surface area contributed by atoms with Crippen LogP contribution >= 0.6 is 15.9 Å². The maximum Gasteiger partial charge on any atom is 0.306 e. The molecule has 0 aliphatic rings. The summed E-state index contributed by atoms with van der Waals surface area (Å²) in [5, 5.41) is 12.6. The highest BCUT2D eigenvalue weighted by atomic mass is 79.9. The standard InChI is InChI=1S/C16H16BrNO5/c1-9(16(20)21)5-14(19)11-3-4-15(13(17)7-11)22-8-12-6-10(2)18-23-12/h3-4,6-7,9H,5,8H2,1-2H3,(H,20,21)/t9-/m1/s1. The molecule has 0 fully saturated rings. The highest BCUT2D eigenvalue weighted by Gasteiger charge is 2.18. The second-order valence-corrected chi connectivity index (χ2v) is 6.09. The lowest BCUT2D eigenvalue weighted by molar-refractivity contribution is -0.141. The van der Waals surface area contributed by atoms with Crippen molar-refractivity contribution in [2.24, 2.45) is 5.92 Å². The number of aliphatic carboxylic acids is 1. The third-order valence-corrected chi connectivity index (χ3v) is 3.83. The van der Waals surface area contributed by atoms with E-state index in [0.717, 1.165) is 5.69 Å². The van der Waals surface area contributed by atoms with Crippen LogP contribution in [0.4, 0.5) is 0 Å². The highest BCUT2D eigenvalue weighted by Crippen LogP contribution is 2.27. The van der Waals surface area contributed by atoms with Gasteiger partial charge in [0.05, 0.1) is 16.1 Å². The Kier molecular flexibility index (Phi) is 5.54. The fourth-order valence-corrected chi connectivity index (χ4v) is 2.40. The Morgan fingerprint density at radius 2 is 2.13 bits per heavy atom. The van der Waals surface area contributed by atoms with Crippen LogP contribution in [0, 0.1) is 12.8 Å². The summed E-state index contributed by atoms with van der Waals surface area (Å²) < 4.78 is 11.3. The Labute approximate surface area is 141 Å². The summed E-state index contributed by atoms with van der Waals surface area (Å²) in [7, 11) is 0. The minimum absolute atomic E-state index is 0.0423. The van der Waals surface area contributed by atoms with E-state index in [1.807, 2.05) is 6.92 Å². The lowest BCUT2D eigenvalue weighted by atomic mass is 10.00. The molecule has 0 aliphatic heterocycles. The topological polar surface area (TPSA) is 89.6 Å². The molecule has 0 bridgehead atoms. The summed E-state index contributed by atoms with van der Waals surface area (Å²) in [4.78, 5) is 22.9. The molecule has 0 radical (unpaired) electrons. The number of carboxylic acids is 1. The number of halogens is 1. The number of carboxylic acid groups (broad SMARTS) is 1. The molecule has 2 aromatic rings. The number of rotatable bonds is 7. The number of hydrogen-bond acceptors (Lipinski definition) is 5. The Morgan fingerprint density at radius 1 is 1.39 bits per heavy atom. The summed E-state index contributed by atoms with van der Waals surface area (Å²) in [6.45, 7) is 3.55. The Hall–Kier alpha value is -2.15. The molecule has 0 aliphatic carbocycles. The zero-order valence-corrected chi connectivity index (χ0v) is 14.3. The van der Waals surface area contributed by atoms with Gasteiger partial charge in [0.2, 0.25) is 0 Å². The maximum absolute atomic E-state index is 12.1. The first kappa shape index (κ1) is 17.2. The van der Waals surface area contributed by atoms with Crippen molar-refractivity contribution in [1.29, 1.82) is 0 Å². The molecule has 23 heavy (non-hydrogen) atoms. The molecule has 1 aromatic carbocycles. The summed E-state index contributed by atoms with van der Waals surface area (Å²) in [5.41, 5.74) is 1.21. The fraction of sp³-hybridized carbons (Fsp3) is 0.312. The molecular formula is C16H16BrNO5. The van der Waals surface area contributed by atoms with Crippen molar-refractivity contribution in [3.8, 4) is 5.75 Å². The predicted molar refractivity (Wildman–Crippen MR) is 85.5 cm³/mol. The number of hydrogen-bond donors (Lipinski definition) is 1. The summed E-state index contributed by atoms with van der Waals surface area (Å²) in [5.74, 6) is -0.767. The van der Waals surface area contributed by atoms with E-state index in [1.165, 1.54) is 6.92 Å². The molecule has 1 heterocycles. The zero-order chi connectivity index (χ0) is 17.0. The van der Waals surface area contributed by atoms with Gasteiger partial charge in [0.25, 0.3) is 0 Å². The van der Waals surface area contributed by atoms with Crippen LogP contribution < -0.4 is 4.74 Å². The molecule has 0 saturated heterocycles. The van der Waals surface area contributed by atoms with E-state index in [9.17, 15) is 9.59 Å². The largest absolute Gasteiger partial charge is 0.484 e. The van der Waals surface area contributed by atoms with Crippen molar-refractivity contribution in [2.75, 3.05) is 0 Å². The van der Waals surface area contributed by atoms with Crippen molar-refractivity contribution < 1.29 is 24.0 Å². The first-order chi connectivity index (χ1) is 10.9. The Morgan fingerprint density at radius 3 is 2.70 bits per heavy atom. The van der Waals surface area contributed by atoms with Crippen molar-refractivity contribution in [3.63, 3.8) is 0 Å². The van der Waals surface area contributed by atoms with Crippen LogP contribution in [0.2, 0.25) is 0 Å². The summed E-state index contributed by atoms with van der Waals surface area (Å²) in [6.07, 6.45) is -0.0423. The molecule has 0 spiro atoms. The highest BCUT2D eigenvalue weighted by molar-refractivity contribution is 9.10. The molecule has 6 nitrogen and oxygen atoms in total. The van der Waals surface area contributed by atoms with Crippen LogP contribution in [0.1, 0.15) is 35.2 Å². The van der Waals surface area contributed by atoms with Gasteiger partial charge in [0.15, 0.2) is 11.5 Å². The SMILES string of the molecule is Cc1cc(COc2ccc(C(=O)C[C@@H](C)C(=O)O)cc2Br)on1. The number of ketones is 1. The molecule has 2 rings (SSSR count). The predicted octanol–water partition coefficient (Wildman–Crippen LogP) is 3.62. The van der Waals surface area contributed by atoms with E-state index in [1.54, 1.807) is 24.3 Å². The van der Waals surface area contributed by atoms with E-state index in [0.29, 0.717) is 21.5 Å². The Bertz CT molecular complexity index is 725. The van der Waals surface area contributed by atoms with Crippen LogP contribution in [-0.2, 0) is 11.4 Å². The lowest BCUT2D eigenvalue weighted by Gasteiger charge is -2.09. The number of carbonyl (C=O) groups is 2. The molecular weight excluding hydrogens is 366 g/mol. The number of carbonyl (C=O) groups excluding carboxylic acids is 1. The van der Waals surface area contributed by atoms with Crippen LogP contribution in [0.3, 0.4) is 0 Å². The van der Waals surface area contributed by atoms with E-state index in [4.69, 9.17) is 14.4 Å². The third-order valence-electron chi connectivity index (χ3n) is 3.21. The first-order valence-corrected chi connectivity index (χ1v) is 7.76. The fourth-order valence-electron chi connectivity index (χ4n) is 1.91. The number of ether oxygens (including phenoxy) is 1. The number of benzene rings is 1. The van der Waals surface area contributed by atoms with Gasteiger partial charge in [0.1, 0.15) is 12.4 Å². The molecule has 1 aromatic heterocycles. The molecule has 0 unspecified atom stereocenters. The number of aromatic nitrogens is 1. The maximum atomic E-state index is 12.1. The van der Waals surface area contributed by atoms with Gasteiger partial charge in [-0.3, -0.25) is 9.59 Å². The third kappa shape index (κ3) is 4.66. The average molecular weight is 382 g/mol. The van der Waals surface area contributed by atoms with Gasteiger partial charge in [0, 0.05) is 18.1 Å². The van der Waals surface area contributed by atoms with Crippen molar-refractivity contribution in [3.05, 3.63) is 45.8 Å². The van der Waals surface area contributed by atoms with E-state index in [-0.39, 0.29) is 18.8 Å². The van der Waals surface area contributed by atoms with Crippen LogP contribution in [-0.4, -0.2) is 22.0 Å².